The molecule has 11 heteroatoms. The molecule has 2 heterocycles. The van der Waals surface area contributed by atoms with E-state index >= 15 is 0 Å². The summed E-state index contributed by atoms with van der Waals surface area (Å²) in [4.78, 5) is 14.5. The Bertz CT molecular complexity index is 1330. The fraction of sp³-hybridized carbons (Fsp3) is 0.500. The average molecular weight is 565 g/mol. The number of aromatic nitrogens is 2. The van der Waals surface area contributed by atoms with Crippen molar-refractivity contribution in [2.45, 2.75) is 55.8 Å². The number of aliphatic hydroxyl groups excluding tert-OH is 1. The van der Waals surface area contributed by atoms with Crippen LogP contribution in [0.15, 0.2) is 36.5 Å². The average Bonchev–Trinajstić information content (AvgIpc) is 3.32. The first kappa shape index (κ1) is 27.7. The first-order valence-corrected chi connectivity index (χ1v) is 13.6. The summed E-state index contributed by atoms with van der Waals surface area (Å²) >= 11 is 6.23. The highest BCUT2D eigenvalue weighted by atomic mass is 35.5. The Balaban J connectivity index is 1.19. The van der Waals surface area contributed by atoms with Crippen molar-refractivity contribution in [3.63, 3.8) is 0 Å². The van der Waals surface area contributed by atoms with Crippen LogP contribution in [0.2, 0.25) is 5.02 Å². The lowest BCUT2D eigenvalue weighted by molar-refractivity contribution is -0.136. The Hall–Kier alpha value is -2.82. The molecule has 5 rings (SSSR count). The minimum absolute atomic E-state index is 0.0935. The van der Waals surface area contributed by atoms with E-state index in [4.69, 9.17) is 16.3 Å². The van der Waals surface area contributed by atoms with Crippen molar-refractivity contribution < 1.29 is 27.8 Å². The summed E-state index contributed by atoms with van der Waals surface area (Å²) in [6, 6.07) is 8.05. The zero-order chi connectivity index (χ0) is 27.8. The molecule has 2 aromatic carbocycles. The number of aliphatic hydroxyl groups is 1. The SMILES string of the molecule is CNc1ccc(Cl)cc1C1(C=O)CCN(CCCOc2cc(C(F)(F)F)c3nn(C4CC(O)C4)cc3c2)CC1. The van der Waals surface area contributed by atoms with Gasteiger partial charge in [-0.05, 0) is 81.1 Å². The van der Waals surface area contributed by atoms with Crippen LogP contribution in [-0.4, -0.2) is 65.5 Å². The van der Waals surface area contributed by atoms with Gasteiger partial charge in [0.25, 0.3) is 0 Å². The van der Waals surface area contributed by atoms with Crippen molar-refractivity contribution in [2.75, 3.05) is 38.6 Å². The number of halogens is 4. The summed E-state index contributed by atoms with van der Waals surface area (Å²) < 4.78 is 48.7. The van der Waals surface area contributed by atoms with Crippen LogP contribution >= 0.6 is 11.6 Å². The van der Waals surface area contributed by atoms with Crippen LogP contribution in [0, 0.1) is 0 Å². The first-order chi connectivity index (χ1) is 18.6. The van der Waals surface area contributed by atoms with Crippen LogP contribution in [0.3, 0.4) is 0 Å². The maximum Gasteiger partial charge on any atom is 0.418 e. The third-order valence-electron chi connectivity index (χ3n) is 8.02. The molecule has 2 fully saturated rings. The normalized spacial score (nSPS) is 21.5. The molecular formula is C28H32ClF3N4O3. The Morgan fingerprint density at radius 2 is 1.97 bits per heavy atom. The lowest BCUT2D eigenvalue weighted by atomic mass is 9.73. The molecule has 2 N–H and O–H groups in total. The monoisotopic (exact) mass is 564 g/mol. The number of nitrogens with one attached hydrogen (secondary N) is 1. The van der Waals surface area contributed by atoms with Gasteiger partial charge in [-0.1, -0.05) is 11.6 Å². The highest BCUT2D eigenvalue weighted by molar-refractivity contribution is 6.30. The smallest absolute Gasteiger partial charge is 0.418 e. The van der Waals surface area contributed by atoms with Crippen molar-refractivity contribution in [1.82, 2.24) is 14.7 Å². The Labute approximate surface area is 229 Å². The second kappa shape index (κ2) is 11.0. The van der Waals surface area contributed by atoms with Crippen molar-refractivity contribution >= 4 is 34.5 Å². The fourth-order valence-electron chi connectivity index (χ4n) is 5.64. The second-order valence-corrected chi connectivity index (χ2v) is 11.0. The predicted molar refractivity (Wildman–Crippen MR) is 144 cm³/mol. The van der Waals surface area contributed by atoms with E-state index in [0.717, 1.165) is 23.6 Å². The van der Waals surface area contributed by atoms with Gasteiger partial charge in [0, 0.05) is 35.9 Å². The van der Waals surface area contributed by atoms with Gasteiger partial charge in [0.05, 0.1) is 29.7 Å². The molecule has 0 atom stereocenters. The Morgan fingerprint density at radius 1 is 1.23 bits per heavy atom. The summed E-state index contributed by atoms with van der Waals surface area (Å²) in [5.74, 6) is 0.155. The molecule has 7 nitrogen and oxygen atoms in total. The van der Waals surface area contributed by atoms with Gasteiger partial charge in [0.15, 0.2) is 0 Å². The number of benzene rings is 2. The van der Waals surface area contributed by atoms with Gasteiger partial charge >= 0.3 is 6.18 Å². The van der Waals surface area contributed by atoms with E-state index in [1.807, 2.05) is 19.2 Å². The van der Waals surface area contributed by atoms with Crippen molar-refractivity contribution in [2.24, 2.45) is 0 Å². The van der Waals surface area contributed by atoms with Crippen LogP contribution in [0.5, 0.6) is 5.75 Å². The molecule has 1 saturated heterocycles. The predicted octanol–water partition coefficient (Wildman–Crippen LogP) is 5.45. The molecule has 3 aromatic rings. The zero-order valence-electron chi connectivity index (χ0n) is 21.7. The second-order valence-electron chi connectivity index (χ2n) is 10.6. The maximum atomic E-state index is 13.8. The zero-order valence-corrected chi connectivity index (χ0v) is 22.4. The number of nitrogens with zero attached hydrogens (tertiary/aromatic N) is 3. The number of ether oxygens (including phenoxy) is 1. The molecular weight excluding hydrogens is 533 g/mol. The Kier molecular flexibility index (Phi) is 7.81. The number of rotatable bonds is 9. The minimum atomic E-state index is -4.56. The molecule has 1 aliphatic heterocycles. The van der Waals surface area contributed by atoms with Gasteiger partial charge < -0.3 is 24.9 Å². The van der Waals surface area contributed by atoms with Gasteiger partial charge in [-0.25, -0.2) is 0 Å². The van der Waals surface area contributed by atoms with E-state index in [0.29, 0.717) is 62.1 Å². The molecule has 39 heavy (non-hydrogen) atoms. The van der Waals surface area contributed by atoms with Crippen LogP contribution < -0.4 is 10.1 Å². The lowest BCUT2D eigenvalue weighted by Crippen LogP contribution is -2.44. The number of likely N-dealkylation sites (tertiary alicyclic amines) is 1. The van der Waals surface area contributed by atoms with E-state index in [9.17, 15) is 23.1 Å². The third kappa shape index (κ3) is 5.73. The topological polar surface area (TPSA) is 79.6 Å². The quantitative estimate of drug-likeness (QED) is 0.266. The summed E-state index contributed by atoms with van der Waals surface area (Å²) in [5, 5.41) is 17.8. The lowest BCUT2D eigenvalue weighted by Gasteiger charge is -2.39. The number of alkyl halides is 3. The molecule has 0 spiro atoms. The summed E-state index contributed by atoms with van der Waals surface area (Å²) in [7, 11) is 1.82. The Morgan fingerprint density at radius 3 is 2.62 bits per heavy atom. The first-order valence-electron chi connectivity index (χ1n) is 13.2. The number of fused-ring (bicyclic) bond motifs is 1. The van der Waals surface area contributed by atoms with E-state index < -0.39 is 23.3 Å². The molecule has 1 aliphatic carbocycles. The molecule has 0 amide bonds. The van der Waals surface area contributed by atoms with E-state index in [-0.39, 0.29) is 23.9 Å². The summed E-state index contributed by atoms with van der Waals surface area (Å²) in [5.41, 5.74) is 0.255. The number of carbonyl (C=O) groups is 1. The number of hydrogen-bond acceptors (Lipinski definition) is 6. The number of hydrogen-bond donors (Lipinski definition) is 2. The van der Waals surface area contributed by atoms with Crippen molar-refractivity contribution in [1.29, 1.82) is 0 Å². The standard InChI is InChI=1S/C28H32ClF3N4O3/c1-33-25-4-3-19(29)12-23(25)27(17-37)5-8-35(9-6-27)7-2-10-39-22-11-18-16-36(20-13-21(38)14-20)34-26(18)24(15-22)28(30,31)32/h3-4,11-12,15-17,20-21,33,38H,2,5-10,13-14H2,1H3. The van der Waals surface area contributed by atoms with Gasteiger partial charge in [0.1, 0.15) is 17.6 Å². The molecule has 0 unspecified atom stereocenters. The molecule has 1 aromatic heterocycles. The largest absolute Gasteiger partial charge is 0.494 e. The fourth-order valence-corrected chi connectivity index (χ4v) is 5.81. The highest BCUT2D eigenvalue weighted by Gasteiger charge is 2.38. The molecule has 1 saturated carbocycles. The maximum absolute atomic E-state index is 13.8. The van der Waals surface area contributed by atoms with Crippen molar-refractivity contribution in [3.05, 3.63) is 52.7 Å². The number of carbonyl (C=O) groups excluding carboxylic acids is 1. The minimum Gasteiger partial charge on any atom is -0.494 e. The van der Waals surface area contributed by atoms with E-state index in [2.05, 4.69) is 15.3 Å². The van der Waals surface area contributed by atoms with Crippen LogP contribution in [0.4, 0.5) is 18.9 Å². The van der Waals surface area contributed by atoms with Gasteiger partial charge in [-0.3, -0.25) is 4.68 Å². The molecule has 0 bridgehead atoms. The molecule has 210 valence electrons. The summed E-state index contributed by atoms with van der Waals surface area (Å²) in [6.07, 6.45) is 0.541. The molecule has 2 aliphatic rings. The third-order valence-corrected chi connectivity index (χ3v) is 8.25. The van der Waals surface area contributed by atoms with Gasteiger partial charge in [0.2, 0.25) is 0 Å². The van der Waals surface area contributed by atoms with Crippen LogP contribution in [0.25, 0.3) is 10.9 Å². The van der Waals surface area contributed by atoms with Gasteiger partial charge in [-0.2, -0.15) is 18.3 Å². The number of anilines is 1. The van der Waals surface area contributed by atoms with Crippen LogP contribution in [0.1, 0.15) is 49.3 Å². The highest BCUT2D eigenvalue weighted by Crippen LogP contribution is 2.40. The van der Waals surface area contributed by atoms with E-state index in [1.54, 1.807) is 18.3 Å². The van der Waals surface area contributed by atoms with E-state index in [1.165, 1.54) is 4.68 Å². The molecule has 0 radical (unpaired) electrons. The van der Waals surface area contributed by atoms with Gasteiger partial charge in [-0.15, -0.1) is 0 Å². The number of aldehydes is 1. The number of piperidine rings is 1. The summed E-state index contributed by atoms with van der Waals surface area (Å²) in [6.45, 7) is 2.40. The van der Waals surface area contributed by atoms with Crippen molar-refractivity contribution in [3.8, 4) is 5.75 Å². The van der Waals surface area contributed by atoms with Crippen LogP contribution in [-0.2, 0) is 16.4 Å².